The van der Waals surface area contributed by atoms with Crippen LogP contribution in [0.4, 0.5) is 5.69 Å². The van der Waals surface area contributed by atoms with Crippen LogP contribution >= 0.6 is 0 Å². The van der Waals surface area contributed by atoms with Gasteiger partial charge in [0.1, 0.15) is 18.6 Å². The van der Waals surface area contributed by atoms with Crippen molar-refractivity contribution in [3.05, 3.63) is 41.6 Å². The van der Waals surface area contributed by atoms with Gasteiger partial charge in [-0.2, -0.15) is 0 Å². The summed E-state index contributed by atoms with van der Waals surface area (Å²) in [5, 5.41) is 0. The fraction of sp³-hybridized carbons (Fsp3) is 0.500. The zero-order valence-electron chi connectivity index (χ0n) is 17.6. The molecule has 8 nitrogen and oxygen atoms in total. The maximum Gasteiger partial charge on any atom is 0.275 e. The van der Waals surface area contributed by atoms with Crippen LogP contribution in [-0.4, -0.2) is 54.6 Å². The number of oxazole rings is 1. The van der Waals surface area contributed by atoms with Gasteiger partial charge in [0, 0.05) is 13.1 Å². The van der Waals surface area contributed by atoms with Crippen molar-refractivity contribution in [2.45, 2.75) is 39.2 Å². The monoisotopic (exact) mass is 413 g/mol. The van der Waals surface area contributed by atoms with Gasteiger partial charge in [0.05, 0.1) is 18.9 Å². The summed E-state index contributed by atoms with van der Waals surface area (Å²) >= 11 is 0. The molecular formula is C22H27N3O5. The summed E-state index contributed by atoms with van der Waals surface area (Å²) in [4.78, 5) is 32.9. The Balaban J connectivity index is 1.57. The standard InChI is InChI=1S/C22H27N3O5/c1-4-22(2,3)15-5-6-18-17(11-15)25(20(26)14-29-18)12-19-23-16(13-30-19)21(27)24-7-9-28-10-8-24/h5-6,11,13H,4,7-10,12,14H2,1-3H3. The lowest BCUT2D eigenvalue weighted by Crippen LogP contribution is -2.41. The minimum absolute atomic E-state index is 0.0259. The van der Waals surface area contributed by atoms with E-state index in [2.05, 4.69) is 25.8 Å². The van der Waals surface area contributed by atoms with Crippen molar-refractivity contribution < 1.29 is 23.5 Å². The number of morpholine rings is 1. The number of nitrogens with zero attached hydrogens (tertiary/aromatic N) is 3. The van der Waals surface area contributed by atoms with Crippen LogP contribution in [0.3, 0.4) is 0 Å². The van der Waals surface area contributed by atoms with E-state index in [0.717, 1.165) is 12.0 Å². The van der Waals surface area contributed by atoms with Crippen molar-refractivity contribution in [2.24, 2.45) is 0 Å². The molecule has 2 aliphatic heterocycles. The average Bonchev–Trinajstić information content (AvgIpc) is 3.24. The smallest absolute Gasteiger partial charge is 0.275 e. The molecule has 0 aliphatic carbocycles. The molecule has 3 heterocycles. The summed E-state index contributed by atoms with van der Waals surface area (Å²) in [6, 6.07) is 5.95. The molecular weight excluding hydrogens is 386 g/mol. The number of anilines is 1. The summed E-state index contributed by atoms with van der Waals surface area (Å²) in [6.45, 7) is 8.69. The number of hydrogen-bond donors (Lipinski definition) is 0. The Labute approximate surface area is 175 Å². The Bertz CT molecular complexity index is 946. The Morgan fingerprint density at radius 1 is 1.23 bits per heavy atom. The second-order valence-electron chi connectivity index (χ2n) is 8.22. The topological polar surface area (TPSA) is 85.1 Å². The van der Waals surface area contributed by atoms with Gasteiger partial charge in [0.15, 0.2) is 12.3 Å². The fourth-order valence-electron chi connectivity index (χ4n) is 3.55. The minimum Gasteiger partial charge on any atom is -0.482 e. The fourth-order valence-corrected chi connectivity index (χ4v) is 3.55. The van der Waals surface area contributed by atoms with Gasteiger partial charge >= 0.3 is 0 Å². The molecule has 1 saturated heterocycles. The van der Waals surface area contributed by atoms with Gasteiger partial charge in [0.25, 0.3) is 11.8 Å². The number of benzene rings is 1. The highest BCUT2D eigenvalue weighted by atomic mass is 16.5. The molecule has 4 rings (SSSR count). The highest BCUT2D eigenvalue weighted by molar-refractivity contribution is 5.98. The molecule has 0 N–H and O–H groups in total. The maximum atomic E-state index is 12.6. The molecule has 8 heteroatoms. The first-order valence-corrected chi connectivity index (χ1v) is 10.3. The lowest BCUT2D eigenvalue weighted by atomic mass is 9.82. The Kier molecular flexibility index (Phi) is 5.51. The first-order valence-electron chi connectivity index (χ1n) is 10.3. The van der Waals surface area contributed by atoms with Crippen LogP contribution in [0.15, 0.2) is 28.9 Å². The summed E-state index contributed by atoms with van der Waals surface area (Å²) < 4.78 is 16.4. The SMILES string of the molecule is CCC(C)(C)c1ccc2c(c1)N(Cc1nc(C(=O)N3CCOCC3)co1)C(=O)CO2. The number of carbonyl (C=O) groups is 2. The van der Waals surface area contributed by atoms with Crippen LogP contribution in [-0.2, 0) is 21.5 Å². The zero-order chi connectivity index (χ0) is 21.3. The second-order valence-corrected chi connectivity index (χ2v) is 8.22. The number of carbonyl (C=O) groups excluding carboxylic acids is 2. The molecule has 0 radical (unpaired) electrons. The highest BCUT2D eigenvalue weighted by Crippen LogP contribution is 2.38. The third-order valence-corrected chi connectivity index (χ3v) is 5.93. The molecule has 1 aromatic carbocycles. The van der Waals surface area contributed by atoms with Gasteiger partial charge in [-0.1, -0.05) is 26.8 Å². The van der Waals surface area contributed by atoms with Crippen LogP contribution in [0.5, 0.6) is 5.75 Å². The molecule has 2 aromatic rings. The molecule has 2 amide bonds. The third kappa shape index (κ3) is 3.92. The van der Waals surface area contributed by atoms with Crippen molar-refractivity contribution in [2.75, 3.05) is 37.8 Å². The summed E-state index contributed by atoms with van der Waals surface area (Å²) in [7, 11) is 0. The van der Waals surface area contributed by atoms with Crippen LogP contribution in [0, 0.1) is 0 Å². The third-order valence-electron chi connectivity index (χ3n) is 5.93. The van der Waals surface area contributed by atoms with Gasteiger partial charge in [-0.05, 0) is 29.5 Å². The van der Waals surface area contributed by atoms with E-state index in [1.54, 1.807) is 9.80 Å². The number of hydrogen-bond acceptors (Lipinski definition) is 6. The number of rotatable bonds is 5. The van der Waals surface area contributed by atoms with E-state index in [1.165, 1.54) is 6.26 Å². The number of aromatic nitrogens is 1. The molecule has 30 heavy (non-hydrogen) atoms. The molecule has 2 aliphatic rings. The van der Waals surface area contributed by atoms with Crippen LogP contribution in [0.1, 0.15) is 49.1 Å². The number of amides is 2. The zero-order valence-corrected chi connectivity index (χ0v) is 17.6. The van der Waals surface area contributed by atoms with E-state index >= 15 is 0 Å². The largest absolute Gasteiger partial charge is 0.482 e. The van der Waals surface area contributed by atoms with E-state index in [1.807, 2.05) is 18.2 Å². The van der Waals surface area contributed by atoms with Crippen molar-refractivity contribution in [1.82, 2.24) is 9.88 Å². The van der Waals surface area contributed by atoms with Gasteiger partial charge in [0.2, 0.25) is 5.89 Å². The molecule has 1 aromatic heterocycles. The highest BCUT2D eigenvalue weighted by Gasteiger charge is 2.30. The van der Waals surface area contributed by atoms with Crippen molar-refractivity contribution in [1.29, 1.82) is 0 Å². The van der Waals surface area contributed by atoms with Crippen molar-refractivity contribution >= 4 is 17.5 Å². The quantitative estimate of drug-likeness (QED) is 0.749. The van der Waals surface area contributed by atoms with Gasteiger partial charge < -0.3 is 18.8 Å². The summed E-state index contributed by atoms with van der Waals surface area (Å²) in [5.74, 6) is 0.608. The normalized spacial score (nSPS) is 17.0. The second kappa shape index (κ2) is 8.10. The predicted molar refractivity (Wildman–Crippen MR) is 110 cm³/mol. The molecule has 0 unspecified atom stereocenters. The molecule has 0 saturated carbocycles. The van der Waals surface area contributed by atoms with E-state index < -0.39 is 0 Å². The van der Waals surface area contributed by atoms with E-state index in [9.17, 15) is 9.59 Å². The van der Waals surface area contributed by atoms with E-state index in [4.69, 9.17) is 13.9 Å². The van der Waals surface area contributed by atoms with Gasteiger partial charge in [-0.25, -0.2) is 4.98 Å². The number of ether oxygens (including phenoxy) is 2. The average molecular weight is 413 g/mol. The molecule has 0 atom stereocenters. The lowest BCUT2D eigenvalue weighted by molar-refractivity contribution is -0.121. The summed E-state index contributed by atoms with van der Waals surface area (Å²) in [5.41, 5.74) is 2.04. The molecule has 0 spiro atoms. The van der Waals surface area contributed by atoms with E-state index in [0.29, 0.717) is 43.6 Å². The molecule has 160 valence electrons. The van der Waals surface area contributed by atoms with Crippen LogP contribution < -0.4 is 9.64 Å². The Morgan fingerprint density at radius 2 is 2.00 bits per heavy atom. The van der Waals surface area contributed by atoms with Crippen molar-refractivity contribution in [3.8, 4) is 5.75 Å². The molecule has 0 bridgehead atoms. The van der Waals surface area contributed by atoms with Gasteiger partial charge in [-0.15, -0.1) is 0 Å². The lowest BCUT2D eigenvalue weighted by Gasteiger charge is -2.31. The van der Waals surface area contributed by atoms with Crippen molar-refractivity contribution in [3.63, 3.8) is 0 Å². The Hall–Kier alpha value is -2.87. The van der Waals surface area contributed by atoms with Crippen LogP contribution in [0.25, 0.3) is 0 Å². The number of fused-ring (bicyclic) bond motifs is 1. The first-order chi connectivity index (χ1) is 14.4. The summed E-state index contributed by atoms with van der Waals surface area (Å²) in [6.07, 6.45) is 2.32. The first kappa shape index (κ1) is 20.4. The predicted octanol–water partition coefficient (Wildman–Crippen LogP) is 2.76. The van der Waals surface area contributed by atoms with Gasteiger partial charge in [-0.3, -0.25) is 14.5 Å². The van der Waals surface area contributed by atoms with Crippen LogP contribution in [0.2, 0.25) is 0 Å². The Morgan fingerprint density at radius 3 is 2.73 bits per heavy atom. The molecule has 1 fully saturated rings. The van der Waals surface area contributed by atoms with E-state index in [-0.39, 0.29) is 36.1 Å². The minimum atomic E-state index is -0.186. The maximum absolute atomic E-state index is 12.6.